The summed E-state index contributed by atoms with van der Waals surface area (Å²) in [5.74, 6) is -0.0573. The van der Waals surface area contributed by atoms with Gasteiger partial charge in [0, 0.05) is 0 Å². The lowest BCUT2D eigenvalue weighted by Gasteiger charge is -2.18. The fraction of sp³-hybridized carbons (Fsp3) is 0.273. The number of para-hydroxylation sites is 1. The van der Waals surface area contributed by atoms with Crippen LogP contribution >= 0.6 is 0 Å². The second-order valence-electron chi connectivity index (χ2n) is 6.59. The Kier molecular flexibility index (Phi) is 4.77. The monoisotopic (exact) mass is 380 g/mol. The van der Waals surface area contributed by atoms with Crippen molar-refractivity contribution < 1.29 is 23.4 Å². The Hall–Kier alpha value is -3.28. The Bertz CT molecular complexity index is 1070. The van der Waals surface area contributed by atoms with Crippen LogP contribution in [0.3, 0.4) is 0 Å². The molecule has 0 unspecified atom stereocenters. The molecule has 3 aromatic rings. The van der Waals surface area contributed by atoms with Gasteiger partial charge in [0.2, 0.25) is 6.10 Å². The second kappa shape index (κ2) is 7.38. The van der Waals surface area contributed by atoms with Gasteiger partial charge in [-0.2, -0.15) is 0 Å². The SMILES string of the molecule is CCCOC(=O)[C@H]1Oc2c(c(=O)oc3ccccc23)[C@@H]1c1ccc(OC)cc1. The van der Waals surface area contributed by atoms with Crippen molar-refractivity contribution in [2.75, 3.05) is 13.7 Å². The molecule has 0 bridgehead atoms. The molecule has 0 fully saturated rings. The van der Waals surface area contributed by atoms with Crippen LogP contribution in [-0.4, -0.2) is 25.8 Å². The molecule has 0 saturated carbocycles. The van der Waals surface area contributed by atoms with Crippen molar-refractivity contribution in [2.45, 2.75) is 25.4 Å². The summed E-state index contributed by atoms with van der Waals surface area (Å²) >= 11 is 0. The molecule has 2 heterocycles. The first kappa shape index (κ1) is 18.1. The Morgan fingerprint density at radius 1 is 1.11 bits per heavy atom. The largest absolute Gasteiger partial charge is 0.497 e. The Balaban J connectivity index is 1.87. The van der Waals surface area contributed by atoms with Gasteiger partial charge in [-0.3, -0.25) is 0 Å². The molecule has 0 spiro atoms. The zero-order valence-electron chi connectivity index (χ0n) is 15.6. The van der Waals surface area contributed by atoms with E-state index in [0.29, 0.717) is 41.1 Å². The van der Waals surface area contributed by atoms with Crippen LogP contribution in [0.25, 0.3) is 11.0 Å². The molecule has 28 heavy (non-hydrogen) atoms. The molecule has 0 radical (unpaired) electrons. The topological polar surface area (TPSA) is 75.0 Å². The molecular weight excluding hydrogens is 360 g/mol. The molecule has 6 heteroatoms. The first-order valence-electron chi connectivity index (χ1n) is 9.17. The maximum atomic E-state index is 12.8. The summed E-state index contributed by atoms with van der Waals surface area (Å²) in [6.07, 6.45) is -0.257. The third-order valence-electron chi connectivity index (χ3n) is 4.81. The van der Waals surface area contributed by atoms with Gasteiger partial charge >= 0.3 is 11.6 Å². The highest BCUT2D eigenvalue weighted by molar-refractivity contribution is 5.88. The van der Waals surface area contributed by atoms with Crippen molar-refractivity contribution >= 4 is 16.9 Å². The van der Waals surface area contributed by atoms with Gasteiger partial charge in [0.25, 0.3) is 0 Å². The maximum absolute atomic E-state index is 12.8. The van der Waals surface area contributed by atoms with Gasteiger partial charge in [-0.25, -0.2) is 9.59 Å². The maximum Gasteiger partial charge on any atom is 0.348 e. The number of rotatable bonds is 5. The zero-order valence-corrected chi connectivity index (χ0v) is 15.6. The van der Waals surface area contributed by atoms with Crippen LogP contribution in [0.15, 0.2) is 57.7 Å². The van der Waals surface area contributed by atoms with E-state index in [4.69, 9.17) is 18.6 Å². The van der Waals surface area contributed by atoms with E-state index < -0.39 is 23.6 Å². The number of esters is 1. The zero-order chi connectivity index (χ0) is 19.7. The number of ether oxygens (including phenoxy) is 3. The summed E-state index contributed by atoms with van der Waals surface area (Å²) in [5, 5.41) is 0.654. The fourth-order valence-electron chi connectivity index (χ4n) is 3.50. The number of fused-ring (bicyclic) bond motifs is 3. The van der Waals surface area contributed by atoms with Crippen molar-refractivity contribution in [2.24, 2.45) is 0 Å². The van der Waals surface area contributed by atoms with Crippen molar-refractivity contribution in [1.82, 2.24) is 0 Å². The Labute approximate surface area is 161 Å². The summed E-state index contributed by atoms with van der Waals surface area (Å²) in [6, 6.07) is 14.3. The van der Waals surface area contributed by atoms with Crippen LogP contribution < -0.4 is 15.1 Å². The third kappa shape index (κ3) is 3.01. The minimum atomic E-state index is -0.955. The fourth-order valence-corrected chi connectivity index (χ4v) is 3.50. The first-order chi connectivity index (χ1) is 13.6. The van der Waals surface area contributed by atoms with Crippen molar-refractivity contribution in [3.8, 4) is 11.5 Å². The Morgan fingerprint density at radius 3 is 2.57 bits per heavy atom. The Morgan fingerprint density at radius 2 is 1.86 bits per heavy atom. The van der Waals surface area contributed by atoms with Crippen LogP contribution in [-0.2, 0) is 9.53 Å². The van der Waals surface area contributed by atoms with Gasteiger partial charge in [0.1, 0.15) is 17.1 Å². The number of carbonyl (C=O) groups excluding carboxylic acids is 1. The number of hydrogen-bond acceptors (Lipinski definition) is 6. The van der Waals surface area contributed by atoms with Gasteiger partial charge in [0.15, 0.2) is 0 Å². The molecule has 0 saturated heterocycles. The molecule has 2 aromatic carbocycles. The molecule has 144 valence electrons. The van der Waals surface area contributed by atoms with Gasteiger partial charge in [-0.15, -0.1) is 0 Å². The lowest BCUT2D eigenvalue weighted by Crippen LogP contribution is -2.32. The van der Waals surface area contributed by atoms with Crippen LogP contribution in [0.2, 0.25) is 0 Å². The molecule has 1 aromatic heterocycles. The van der Waals surface area contributed by atoms with E-state index in [9.17, 15) is 9.59 Å². The molecule has 1 aliphatic rings. The minimum Gasteiger partial charge on any atom is -0.497 e. The highest BCUT2D eigenvalue weighted by Crippen LogP contribution is 2.44. The quantitative estimate of drug-likeness (QED) is 0.497. The molecular formula is C22H20O6. The normalized spacial score (nSPS) is 17.8. The predicted octanol–water partition coefficient (Wildman–Crippen LogP) is 3.65. The van der Waals surface area contributed by atoms with Gasteiger partial charge in [0.05, 0.1) is 30.6 Å². The smallest absolute Gasteiger partial charge is 0.348 e. The molecule has 0 amide bonds. The molecule has 1 aliphatic heterocycles. The number of hydrogen-bond donors (Lipinski definition) is 0. The van der Waals surface area contributed by atoms with Crippen LogP contribution in [0, 0.1) is 0 Å². The number of carbonyl (C=O) groups is 1. The summed E-state index contributed by atoms with van der Waals surface area (Å²) in [6.45, 7) is 2.21. The number of benzene rings is 2. The summed E-state index contributed by atoms with van der Waals surface area (Å²) in [7, 11) is 1.58. The van der Waals surface area contributed by atoms with Crippen LogP contribution in [0.1, 0.15) is 30.4 Å². The van der Waals surface area contributed by atoms with Crippen LogP contribution in [0.4, 0.5) is 0 Å². The van der Waals surface area contributed by atoms with Crippen molar-refractivity contribution in [3.05, 3.63) is 70.1 Å². The average molecular weight is 380 g/mol. The molecule has 0 N–H and O–H groups in total. The second-order valence-corrected chi connectivity index (χ2v) is 6.59. The van der Waals surface area contributed by atoms with E-state index in [2.05, 4.69) is 0 Å². The third-order valence-corrected chi connectivity index (χ3v) is 4.81. The summed E-state index contributed by atoms with van der Waals surface area (Å²) < 4.78 is 22.1. The minimum absolute atomic E-state index is 0.291. The van der Waals surface area contributed by atoms with E-state index in [-0.39, 0.29) is 0 Å². The highest BCUT2D eigenvalue weighted by Gasteiger charge is 2.45. The number of methoxy groups -OCH3 is 1. The van der Waals surface area contributed by atoms with Crippen LogP contribution in [0.5, 0.6) is 11.5 Å². The lowest BCUT2D eigenvalue weighted by molar-refractivity contribution is -0.151. The van der Waals surface area contributed by atoms with Crippen molar-refractivity contribution in [1.29, 1.82) is 0 Å². The predicted molar refractivity (Wildman–Crippen MR) is 103 cm³/mol. The van der Waals surface area contributed by atoms with Gasteiger partial charge in [-0.1, -0.05) is 31.2 Å². The summed E-state index contributed by atoms with van der Waals surface area (Å²) in [5.41, 5.74) is 0.991. The van der Waals surface area contributed by atoms with E-state index in [1.54, 1.807) is 31.4 Å². The summed E-state index contributed by atoms with van der Waals surface area (Å²) in [4.78, 5) is 25.5. The molecule has 2 atom stereocenters. The molecule has 6 nitrogen and oxygen atoms in total. The molecule has 0 aliphatic carbocycles. The van der Waals surface area contributed by atoms with E-state index >= 15 is 0 Å². The lowest BCUT2D eigenvalue weighted by atomic mass is 9.88. The van der Waals surface area contributed by atoms with Crippen molar-refractivity contribution in [3.63, 3.8) is 0 Å². The van der Waals surface area contributed by atoms with E-state index in [0.717, 1.165) is 5.56 Å². The van der Waals surface area contributed by atoms with Gasteiger partial charge < -0.3 is 18.6 Å². The van der Waals surface area contributed by atoms with E-state index in [1.807, 2.05) is 31.2 Å². The van der Waals surface area contributed by atoms with Gasteiger partial charge in [-0.05, 0) is 36.2 Å². The highest BCUT2D eigenvalue weighted by atomic mass is 16.6. The average Bonchev–Trinajstić information content (AvgIpc) is 3.14. The molecule has 4 rings (SSSR count). The first-order valence-corrected chi connectivity index (χ1v) is 9.17. The standard InChI is InChI=1S/C22H20O6/c1-3-12-26-22(24)20-17(13-8-10-14(25-2)11-9-13)18-19(28-20)15-6-4-5-7-16(15)27-21(18)23/h4-11,17,20H,3,12H2,1-2H3/t17-,20-/m0/s1. The van der Waals surface area contributed by atoms with E-state index in [1.165, 1.54) is 0 Å².